The summed E-state index contributed by atoms with van der Waals surface area (Å²) in [4.78, 5) is 12.3. The first-order chi connectivity index (χ1) is 9.85. The molecule has 0 atom stereocenters. The minimum absolute atomic E-state index is 0.579. The Morgan fingerprint density at radius 2 is 1.85 bits per heavy atom. The first kappa shape index (κ1) is 14.0. The number of hydrogen-bond donors (Lipinski definition) is 2. The minimum Gasteiger partial charge on any atom is -0.490 e. The number of rotatable bonds is 8. The van der Waals surface area contributed by atoms with E-state index in [1.54, 1.807) is 7.11 Å². The van der Waals surface area contributed by atoms with Crippen molar-refractivity contribution in [1.29, 1.82) is 0 Å². The van der Waals surface area contributed by atoms with E-state index in [-0.39, 0.29) is 0 Å². The van der Waals surface area contributed by atoms with Gasteiger partial charge in [-0.2, -0.15) is 4.98 Å². The Morgan fingerprint density at radius 1 is 1.10 bits per heavy atom. The van der Waals surface area contributed by atoms with Crippen molar-refractivity contribution in [3.63, 3.8) is 0 Å². The van der Waals surface area contributed by atoms with Crippen LogP contribution in [0.1, 0.15) is 19.2 Å². The molecule has 0 radical (unpaired) electrons. The van der Waals surface area contributed by atoms with E-state index >= 15 is 0 Å². The van der Waals surface area contributed by atoms with Crippen molar-refractivity contribution in [1.82, 2.24) is 20.1 Å². The quantitative estimate of drug-likeness (QED) is 0.746. The number of aromatic nitrogens is 4. The number of methoxy groups -OCH3 is 1. The van der Waals surface area contributed by atoms with Gasteiger partial charge in [0, 0.05) is 19.5 Å². The zero-order chi connectivity index (χ0) is 14.2. The highest BCUT2D eigenvalue weighted by molar-refractivity contribution is 5.63. The topological polar surface area (TPSA) is 98.0 Å². The zero-order valence-electron chi connectivity index (χ0n) is 11.6. The zero-order valence-corrected chi connectivity index (χ0v) is 11.6. The van der Waals surface area contributed by atoms with Crippen LogP contribution in [0.4, 0.5) is 11.6 Å². The lowest BCUT2D eigenvalue weighted by atomic mass is 10.4. The predicted molar refractivity (Wildman–Crippen MR) is 73.9 cm³/mol. The fourth-order valence-electron chi connectivity index (χ4n) is 1.66. The molecule has 8 heteroatoms. The van der Waals surface area contributed by atoms with E-state index in [1.807, 2.05) is 0 Å². The second kappa shape index (κ2) is 7.27. The van der Waals surface area contributed by atoms with E-state index in [4.69, 9.17) is 9.26 Å². The van der Waals surface area contributed by atoms with E-state index in [0.717, 1.165) is 13.0 Å². The molecule has 2 heterocycles. The molecule has 2 aromatic heterocycles. The molecule has 0 fully saturated rings. The third-order valence-electron chi connectivity index (χ3n) is 2.59. The largest absolute Gasteiger partial charge is 0.490 e. The van der Waals surface area contributed by atoms with Crippen molar-refractivity contribution in [3.8, 4) is 5.75 Å². The van der Waals surface area contributed by atoms with Crippen molar-refractivity contribution in [3.05, 3.63) is 18.5 Å². The number of nitrogens with one attached hydrogen (secondary N) is 2. The summed E-state index contributed by atoms with van der Waals surface area (Å²) in [7, 11) is 1.60. The van der Waals surface area contributed by atoms with Crippen LogP contribution in [-0.4, -0.2) is 40.3 Å². The van der Waals surface area contributed by atoms with Gasteiger partial charge in [-0.05, 0) is 6.42 Å². The highest BCUT2D eigenvalue weighted by Crippen LogP contribution is 2.28. The molecular formula is C12H18N6O2. The van der Waals surface area contributed by atoms with Gasteiger partial charge in [-0.3, -0.25) is 0 Å². The average molecular weight is 278 g/mol. The molecule has 2 N–H and O–H groups in total. The van der Waals surface area contributed by atoms with E-state index in [9.17, 15) is 0 Å². The van der Waals surface area contributed by atoms with Crippen LogP contribution in [0.15, 0.2) is 17.2 Å². The van der Waals surface area contributed by atoms with Gasteiger partial charge in [0.25, 0.3) is 0 Å². The van der Waals surface area contributed by atoms with Gasteiger partial charge in [-0.1, -0.05) is 12.1 Å². The highest BCUT2D eigenvalue weighted by Gasteiger charge is 2.11. The van der Waals surface area contributed by atoms with Crippen molar-refractivity contribution in [2.75, 3.05) is 30.8 Å². The maximum atomic E-state index is 5.36. The number of ether oxygens (including phenoxy) is 1. The van der Waals surface area contributed by atoms with Gasteiger partial charge in [0.05, 0.1) is 7.11 Å². The summed E-state index contributed by atoms with van der Waals surface area (Å²) in [6.45, 7) is 3.53. The lowest BCUT2D eigenvalue weighted by Crippen LogP contribution is -2.11. The van der Waals surface area contributed by atoms with Gasteiger partial charge >= 0.3 is 0 Å². The molecule has 8 nitrogen and oxygen atoms in total. The molecule has 108 valence electrons. The van der Waals surface area contributed by atoms with Crippen molar-refractivity contribution >= 4 is 11.6 Å². The molecule has 0 aliphatic carbocycles. The fourth-order valence-corrected chi connectivity index (χ4v) is 1.66. The van der Waals surface area contributed by atoms with Gasteiger partial charge < -0.3 is 19.9 Å². The van der Waals surface area contributed by atoms with Gasteiger partial charge in [-0.25, -0.2) is 9.97 Å². The van der Waals surface area contributed by atoms with Crippen LogP contribution in [0.2, 0.25) is 0 Å². The third kappa shape index (κ3) is 3.56. The lowest BCUT2D eigenvalue weighted by Gasteiger charge is -2.13. The summed E-state index contributed by atoms with van der Waals surface area (Å²) < 4.78 is 10.3. The van der Waals surface area contributed by atoms with Crippen LogP contribution >= 0.6 is 0 Å². The van der Waals surface area contributed by atoms with E-state index in [2.05, 4.69) is 37.7 Å². The molecule has 0 aromatic carbocycles. The molecule has 0 saturated carbocycles. The minimum atomic E-state index is 0.579. The van der Waals surface area contributed by atoms with Crippen LogP contribution in [0.5, 0.6) is 5.75 Å². The molecule has 0 amide bonds. The van der Waals surface area contributed by atoms with Crippen LogP contribution in [-0.2, 0) is 6.42 Å². The molecule has 20 heavy (non-hydrogen) atoms. The van der Waals surface area contributed by atoms with Gasteiger partial charge in [0.1, 0.15) is 6.33 Å². The number of anilines is 2. The van der Waals surface area contributed by atoms with Crippen molar-refractivity contribution < 1.29 is 9.26 Å². The summed E-state index contributed by atoms with van der Waals surface area (Å²) in [6, 6.07) is 0. The first-order valence-corrected chi connectivity index (χ1v) is 6.47. The Bertz CT molecular complexity index is 517. The third-order valence-corrected chi connectivity index (χ3v) is 2.59. The Labute approximate surface area is 117 Å². The summed E-state index contributed by atoms with van der Waals surface area (Å²) in [5.74, 6) is 2.51. The van der Waals surface area contributed by atoms with Crippen molar-refractivity contribution in [2.24, 2.45) is 0 Å². The monoisotopic (exact) mass is 278 g/mol. The number of hydrogen-bond acceptors (Lipinski definition) is 8. The maximum absolute atomic E-state index is 5.36. The van der Waals surface area contributed by atoms with Crippen LogP contribution in [0.25, 0.3) is 0 Å². The van der Waals surface area contributed by atoms with Crippen LogP contribution in [0, 0.1) is 0 Å². The van der Waals surface area contributed by atoms with Gasteiger partial charge in [0.15, 0.2) is 18.0 Å². The maximum Gasteiger partial charge on any atom is 0.228 e. The molecule has 0 aliphatic rings. The smallest absolute Gasteiger partial charge is 0.228 e. The second-order valence-electron chi connectivity index (χ2n) is 4.04. The predicted octanol–water partition coefficient (Wildman–Crippen LogP) is 1.34. The van der Waals surface area contributed by atoms with E-state index in [0.29, 0.717) is 36.2 Å². The van der Waals surface area contributed by atoms with Gasteiger partial charge in [-0.15, -0.1) is 0 Å². The summed E-state index contributed by atoms with van der Waals surface area (Å²) >= 11 is 0. The Kier molecular flexibility index (Phi) is 5.10. The van der Waals surface area contributed by atoms with Gasteiger partial charge in [0.2, 0.25) is 11.6 Å². The summed E-state index contributed by atoms with van der Waals surface area (Å²) in [5, 5.41) is 9.93. The standard InChI is InChI=1S/C12H18N6O2/c1-3-5-13-11-10(19-2)12(17-7-16-11)14-6-4-9-15-8-18-20-9/h7-8H,3-6H2,1-2H3,(H2,13,14,16,17). The average Bonchev–Trinajstić information content (AvgIpc) is 2.98. The molecule has 0 aliphatic heterocycles. The van der Waals surface area contributed by atoms with Crippen LogP contribution < -0.4 is 15.4 Å². The summed E-state index contributed by atoms with van der Waals surface area (Å²) in [5.41, 5.74) is 0. The van der Waals surface area contributed by atoms with Crippen LogP contribution in [0.3, 0.4) is 0 Å². The number of nitrogens with zero attached hydrogens (tertiary/aromatic N) is 4. The Balaban J connectivity index is 1.99. The molecule has 0 unspecified atom stereocenters. The summed E-state index contributed by atoms with van der Waals surface area (Å²) in [6.07, 6.45) is 4.50. The second-order valence-corrected chi connectivity index (χ2v) is 4.04. The Hall–Kier alpha value is -2.38. The molecule has 2 rings (SSSR count). The highest BCUT2D eigenvalue weighted by atomic mass is 16.5. The Morgan fingerprint density at radius 3 is 2.45 bits per heavy atom. The molecule has 2 aromatic rings. The van der Waals surface area contributed by atoms with E-state index in [1.165, 1.54) is 12.7 Å². The molecule has 0 saturated heterocycles. The fraction of sp³-hybridized carbons (Fsp3) is 0.500. The lowest BCUT2D eigenvalue weighted by molar-refractivity contribution is 0.379. The normalized spacial score (nSPS) is 10.3. The molecule has 0 spiro atoms. The van der Waals surface area contributed by atoms with Crippen molar-refractivity contribution in [2.45, 2.75) is 19.8 Å². The first-order valence-electron chi connectivity index (χ1n) is 6.47. The SMILES string of the molecule is CCCNc1ncnc(NCCc2ncno2)c1OC. The van der Waals surface area contributed by atoms with E-state index < -0.39 is 0 Å². The molecule has 0 bridgehead atoms. The molecular weight excluding hydrogens is 260 g/mol.